The predicted molar refractivity (Wildman–Crippen MR) is 85.4 cm³/mol. The Hall–Kier alpha value is -1.85. The largest absolute Gasteiger partial charge is 0.463 e. The molecule has 0 heterocycles. The second kappa shape index (κ2) is 9.33. The van der Waals surface area contributed by atoms with Gasteiger partial charge >= 0.3 is 11.9 Å². The summed E-state index contributed by atoms with van der Waals surface area (Å²) in [6.45, 7) is 7.74. The Morgan fingerprint density at radius 3 is 2.48 bits per heavy atom. The zero-order chi connectivity index (χ0) is 17.4. The molecule has 6 heteroatoms. The van der Waals surface area contributed by atoms with Gasteiger partial charge in [-0.05, 0) is 32.1 Å². The second-order valence-electron chi connectivity index (χ2n) is 6.05. The van der Waals surface area contributed by atoms with Crippen molar-refractivity contribution in [1.29, 1.82) is 0 Å². The summed E-state index contributed by atoms with van der Waals surface area (Å²) in [6, 6.07) is 0.113. The average Bonchev–Trinajstić information content (AvgIpc) is 2.50. The smallest absolute Gasteiger partial charge is 0.331 e. The van der Waals surface area contributed by atoms with E-state index in [4.69, 9.17) is 4.74 Å². The Morgan fingerprint density at radius 2 is 1.83 bits per heavy atom. The van der Waals surface area contributed by atoms with Gasteiger partial charge in [0, 0.05) is 18.2 Å². The van der Waals surface area contributed by atoms with Crippen molar-refractivity contribution >= 4 is 17.8 Å². The van der Waals surface area contributed by atoms with Crippen LogP contribution >= 0.6 is 0 Å². The molecule has 1 aliphatic rings. The van der Waals surface area contributed by atoms with Crippen molar-refractivity contribution in [3.63, 3.8) is 0 Å². The van der Waals surface area contributed by atoms with E-state index in [-0.39, 0.29) is 18.6 Å². The van der Waals surface area contributed by atoms with Crippen LogP contribution in [0.4, 0.5) is 0 Å². The molecule has 0 unspecified atom stereocenters. The number of hydrogen-bond donors (Lipinski definition) is 1. The van der Waals surface area contributed by atoms with Gasteiger partial charge in [-0.3, -0.25) is 4.79 Å². The van der Waals surface area contributed by atoms with E-state index in [1.54, 1.807) is 6.92 Å². The molecular formula is C17H27NO5. The first-order valence-electron chi connectivity index (χ1n) is 8.21. The van der Waals surface area contributed by atoms with Crippen LogP contribution in [0.3, 0.4) is 0 Å². The second-order valence-corrected chi connectivity index (χ2v) is 6.05. The lowest BCUT2D eigenvalue weighted by Gasteiger charge is -2.35. The summed E-state index contributed by atoms with van der Waals surface area (Å²) >= 11 is 0. The average molecular weight is 325 g/mol. The number of nitrogens with one attached hydrogen (secondary N) is 1. The Kier molecular flexibility index (Phi) is 7.78. The molecule has 130 valence electrons. The normalized spacial score (nSPS) is 25.7. The third-order valence-electron chi connectivity index (χ3n) is 4.34. The van der Waals surface area contributed by atoms with Crippen LogP contribution in [0.15, 0.2) is 12.2 Å². The highest BCUT2D eigenvalue weighted by molar-refractivity contribution is 5.93. The fourth-order valence-electron chi connectivity index (χ4n) is 2.68. The van der Waals surface area contributed by atoms with E-state index >= 15 is 0 Å². The number of esters is 2. The third kappa shape index (κ3) is 6.42. The van der Waals surface area contributed by atoms with Crippen LogP contribution in [-0.2, 0) is 23.9 Å². The number of carbonyl (C=O) groups is 3. The Labute approximate surface area is 137 Å². The fourth-order valence-corrected chi connectivity index (χ4v) is 2.68. The number of amides is 1. The van der Waals surface area contributed by atoms with E-state index < -0.39 is 18.0 Å². The SMILES string of the molecule is CCOC(=O)/C=C/C(=O)O[C@@H](C)C(=O)N[C@@H]1CCC[C@H](C)[C@@H]1C. The molecule has 0 aromatic carbocycles. The molecule has 23 heavy (non-hydrogen) atoms. The predicted octanol–water partition coefficient (Wildman–Crippen LogP) is 1.98. The number of hydrogen-bond acceptors (Lipinski definition) is 5. The minimum absolute atomic E-state index is 0.113. The molecule has 0 aromatic rings. The first-order valence-corrected chi connectivity index (χ1v) is 8.21. The van der Waals surface area contributed by atoms with E-state index in [1.807, 2.05) is 0 Å². The quantitative estimate of drug-likeness (QED) is 0.596. The van der Waals surface area contributed by atoms with Gasteiger partial charge in [-0.25, -0.2) is 9.59 Å². The molecule has 4 atom stereocenters. The first-order chi connectivity index (χ1) is 10.8. The summed E-state index contributed by atoms with van der Waals surface area (Å²) in [5.74, 6) is -0.704. The third-order valence-corrected chi connectivity index (χ3v) is 4.34. The lowest BCUT2D eigenvalue weighted by Crippen LogP contribution is -2.47. The van der Waals surface area contributed by atoms with E-state index in [0.717, 1.165) is 25.0 Å². The van der Waals surface area contributed by atoms with Gasteiger partial charge in [-0.2, -0.15) is 0 Å². The Balaban J connectivity index is 2.44. The highest BCUT2D eigenvalue weighted by Crippen LogP contribution is 2.29. The van der Waals surface area contributed by atoms with Crippen molar-refractivity contribution in [3.05, 3.63) is 12.2 Å². The minimum Gasteiger partial charge on any atom is -0.463 e. The van der Waals surface area contributed by atoms with E-state index in [1.165, 1.54) is 13.3 Å². The zero-order valence-electron chi connectivity index (χ0n) is 14.3. The van der Waals surface area contributed by atoms with Crippen molar-refractivity contribution in [2.75, 3.05) is 6.61 Å². The lowest BCUT2D eigenvalue weighted by atomic mass is 9.78. The molecule has 0 bridgehead atoms. The van der Waals surface area contributed by atoms with Crippen molar-refractivity contribution in [2.45, 2.75) is 59.1 Å². The van der Waals surface area contributed by atoms with Crippen LogP contribution < -0.4 is 5.32 Å². The molecule has 0 radical (unpaired) electrons. The number of carbonyl (C=O) groups excluding carboxylic acids is 3. The maximum atomic E-state index is 12.1. The van der Waals surface area contributed by atoms with Crippen LogP contribution in [0.5, 0.6) is 0 Å². The summed E-state index contributed by atoms with van der Waals surface area (Å²) in [5, 5.41) is 2.96. The van der Waals surface area contributed by atoms with Crippen molar-refractivity contribution in [3.8, 4) is 0 Å². The Morgan fingerprint density at radius 1 is 1.17 bits per heavy atom. The molecule has 0 saturated heterocycles. The monoisotopic (exact) mass is 325 g/mol. The fraction of sp³-hybridized carbons (Fsp3) is 0.706. The molecule has 0 aromatic heterocycles. The van der Waals surface area contributed by atoms with Crippen molar-refractivity contribution < 1.29 is 23.9 Å². The van der Waals surface area contributed by atoms with E-state index in [2.05, 4.69) is 23.9 Å². The van der Waals surface area contributed by atoms with Gasteiger partial charge < -0.3 is 14.8 Å². The maximum absolute atomic E-state index is 12.1. The minimum atomic E-state index is -0.904. The van der Waals surface area contributed by atoms with Crippen molar-refractivity contribution in [2.24, 2.45) is 11.8 Å². The standard InChI is InChI=1S/C17H27NO5/c1-5-22-15(19)9-10-16(20)23-13(4)17(21)18-14-8-6-7-11(2)12(14)3/h9-14H,5-8H2,1-4H3,(H,18,21)/b10-9+/t11-,12-,13-,14+/m0/s1. The van der Waals surface area contributed by atoms with Gasteiger partial charge in [0.05, 0.1) is 6.61 Å². The number of ether oxygens (including phenoxy) is 2. The first kappa shape index (κ1) is 19.2. The molecule has 1 N–H and O–H groups in total. The lowest BCUT2D eigenvalue weighted by molar-refractivity contribution is -0.151. The molecule has 6 nitrogen and oxygen atoms in total. The highest BCUT2D eigenvalue weighted by atomic mass is 16.5. The summed E-state index contributed by atoms with van der Waals surface area (Å²) in [5.41, 5.74) is 0. The van der Waals surface area contributed by atoms with E-state index in [0.29, 0.717) is 11.8 Å². The summed E-state index contributed by atoms with van der Waals surface area (Å²) < 4.78 is 9.65. The van der Waals surface area contributed by atoms with Crippen LogP contribution in [0.25, 0.3) is 0 Å². The maximum Gasteiger partial charge on any atom is 0.331 e. The molecule has 1 fully saturated rings. The molecule has 1 rings (SSSR count). The van der Waals surface area contributed by atoms with Gasteiger partial charge in [0.15, 0.2) is 6.10 Å². The summed E-state index contributed by atoms with van der Waals surface area (Å²) in [4.78, 5) is 34.8. The molecule has 1 amide bonds. The van der Waals surface area contributed by atoms with Gasteiger partial charge in [-0.15, -0.1) is 0 Å². The number of rotatable bonds is 6. The topological polar surface area (TPSA) is 81.7 Å². The van der Waals surface area contributed by atoms with Gasteiger partial charge in [-0.1, -0.05) is 26.7 Å². The molecular weight excluding hydrogens is 298 g/mol. The van der Waals surface area contributed by atoms with E-state index in [9.17, 15) is 14.4 Å². The van der Waals surface area contributed by atoms with Crippen LogP contribution in [-0.4, -0.2) is 36.6 Å². The molecule has 1 aliphatic carbocycles. The Bertz CT molecular complexity index is 460. The van der Waals surface area contributed by atoms with Gasteiger partial charge in [0.2, 0.25) is 0 Å². The van der Waals surface area contributed by atoms with Gasteiger partial charge in [0.25, 0.3) is 5.91 Å². The van der Waals surface area contributed by atoms with Crippen LogP contribution in [0, 0.1) is 11.8 Å². The zero-order valence-corrected chi connectivity index (χ0v) is 14.3. The molecule has 0 spiro atoms. The van der Waals surface area contributed by atoms with Crippen LogP contribution in [0.2, 0.25) is 0 Å². The molecule has 0 aliphatic heterocycles. The summed E-state index contributed by atoms with van der Waals surface area (Å²) in [7, 11) is 0. The summed E-state index contributed by atoms with van der Waals surface area (Å²) in [6.07, 6.45) is 4.26. The highest BCUT2D eigenvalue weighted by Gasteiger charge is 2.29. The van der Waals surface area contributed by atoms with Crippen LogP contribution in [0.1, 0.15) is 47.0 Å². The van der Waals surface area contributed by atoms with Gasteiger partial charge in [0.1, 0.15) is 0 Å². The molecule has 1 saturated carbocycles. The van der Waals surface area contributed by atoms with Crippen molar-refractivity contribution in [1.82, 2.24) is 5.32 Å².